The Morgan fingerprint density at radius 2 is 1.70 bits per heavy atom. The second-order valence-corrected chi connectivity index (χ2v) is 6.61. The first-order chi connectivity index (χ1) is 13.2. The predicted octanol–water partition coefficient (Wildman–Crippen LogP) is 3.35. The van der Waals surface area contributed by atoms with Crippen molar-refractivity contribution < 1.29 is 4.92 Å². The van der Waals surface area contributed by atoms with Crippen LogP contribution in [0.5, 0.6) is 0 Å². The molecule has 0 aliphatic carbocycles. The summed E-state index contributed by atoms with van der Waals surface area (Å²) in [6, 6.07) is 14.4. The SMILES string of the molecule is CCN1CCN(c2nc(-c3ccc([N+](=O)[O-])cc3)nc3ccccc23)CC1. The molecular formula is C20H21N5O2. The summed E-state index contributed by atoms with van der Waals surface area (Å²) in [4.78, 5) is 24.8. The standard InChI is InChI=1S/C20H21N5O2/c1-2-23-11-13-24(14-12-23)20-17-5-3-4-6-18(17)21-19(22-20)15-7-9-16(10-8-15)25(26)27/h3-10H,2,11-14H2,1H3. The number of hydrogen-bond acceptors (Lipinski definition) is 6. The number of nitro groups is 1. The third-order valence-corrected chi connectivity index (χ3v) is 5.04. The van der Waals surface area contributed by atoms with Gasteiger partial charge in [0.25, 0.3) is 5.69 Å². The maximum atomic E-state index is 10.9. The summed E-state index contributed by atoms with van der Waals surface area (Å²) in [6.45, 7) is 7.13. The van der Waals surface area contributed by atoms with Crippen molar-refractivity contribution in [3.8, 4) is 11.4 Å². The molecule has 1 fully saturated rings. The molecule has 3 aromatic rings. The molecule has 7 nitrogen and oxygen atoms in total. The molecule has 1 aliphatic heterocycles. The number of anilines is 1. The van der Waals surface area contributed by atoms with Crippen molar-refractivity contribution in [2.24, 2.45) is 0 Å². The smallest absolute Gasteiger partial charge is 0.269 e. The number of rotatable bonds is 4. The van der Waals surface area contributed by atoms with Gasteiger partial charge < -0.3 is 9.80 Å². The van der Waals surface area contributed by atoms with Crippen LogP contribution in [0.3, 0.4) is 0 Å². The maximum Gasteiger partial charge on any atom is 0.269 e. The van der Waals surface area contributed by atoms with Crippen LogP contribution in [0.25, 0.3) is 22.3 Å². The molecule has 27 heavy (non-hydrogen) atoms. The normalized spacial score (nSPS) is 15.2. The fourth-order valence-electron chi connectivity index (χ4n) is 3.44. The van der Waals surface area contributed by atoms with Crippen LogP contribution in [-0.2, 0) is 0 Å². The Kier molecular flexibility index (Phi) is 4.68. The van der Waals surface area contributed by atoms with Gasteiger partial charge in [-0.05, 0) is 30.8 Å². The van der Waals surface area contributed by atoms with Crippen molar-refractivity contribution in [2.75, 3.05) is 37.6 Å². The van der Waals surface area contributed by atoms with Crippen LogP contribution in [0, 0.1) is 10.1 Å². The fraction of sp³-hybridized carbons (Fsp3) is 0.300. The number of benzene rings is 2. The lowest BCUT2D eigenvalue weighted by Gasteiger charge is -2.35. The van der Waals surface area contributed by atoms with Gasteiger partial charge in [0.2, 0.25) is 0 Å². The Morgan fingerprint density at radius 1 is 1.00 bits per heavy atom. The highest BCUT2D eigenvalue weighted by Gasteiger charge is 2.20. The van der Waals surface area contributed by atoms with E-state index in [0.717, 1.165) is 55.0 Å². The molecule has 7 heteroatoms. The van der Waals surface area contributed by atoms with Crippen molar-refractivity contribution >= 4 is 22.4 Å². The molecular weight excluding hydrogens is 342 g/mol. The molecule has 0 N–H and O–H groups in total. The summed E-state index contributed by atoms with van der Waals surface area (Å²) in [5, 5.41) is 11.9. The van der Waals surface area contributed by atoms with Crippen LogP contribution in [0.1, 0.15) is 6.92 Å². The van der Waals surface area contributed by atoms with Crippen molar-refractivity contribution in [1.82, 2.24) is 14.9 Å². The monoisotopic (exact) mass is 363 g/mol. The maximum absolute atomic E-state index is 10.9. The van der Waals surface area contributed by atoms with Crippen LogP contribution in [0.2, 0.25) is 0 Å². The average molecular weight is 363 g/mol. The number of para-hydroxylation sites is 1. The summed E-state index contributed by atoms with van der Waals surface area (Å²) < 4.78 is 0. The summed E-state index contributed by atoms with van der Waals surface area (Å²) in [5.74, 6) is 1.53. The Balaban J connectivity index is 1.75. The van der Waals surface area contributed by atoms with E-state index in [1.165, 1.54) is 12.1 Å². The molecule has 2 aromatic carbocycles. The first-order valence-corrected chi connectivity index (χ1v) is 9.14. The molecule has 0 radical (unpaired) electrons. The molecule has 1 saturated heterocycles. The van der Waals surface area contributed by atoms with Crippen molar-refractivity contribution in [3.63, 3.8) is 0 Å². The minimum absolute atomic E-state index is 0.0652. The molecule has 0 unspecified atom stereocenters. The lowest BCUT2D eigenvalue weighted by Crippen LogP contribution is -2.46. The molecule has 0 bridgehead atoms. The van der Waals surface area contributed by atoms with E-state index in [-0.39, 0.29) is 5.69 Å². The summed E-state index contributed by atoms with van der Waals surface area (Å²) in [5.41, 5.74) is 1.73. The average Bonchev–Trinajstić information content (AvgIpc) is 2.73. The van der Waals surface area contributed by atoms with Gasteiger partial charge in [0, 0.05) is 49.3 Å². The van der Waals surface area contributed by atoms with Crippen LogP contribution in [0.4, 0.5) is 11.5 Å². The molecule has 0 saturated carbocycles. The first kappa shape index (κ1) is 17.4. The Labute approximate surface area is 157 Å². The topological polar surface area (TPSA) is 75.4 Å². The van der Waals surface area contributed by atoms with Crippen molar-refractivity contribution in [2.45, 2.75) is 6.92 Å². The number of hydrogen-bond donors (Lipinski definition) is 0. The van der Waals surface area contributed by atoms with Gasteiger partial charge in [0.1, 0.15) is 5.82 Å². The first-order valence-electron chi connectivity index (χ1n) is 9.14. The van der Waals surface area contributed by atoms with E-state index in [9.17, 15) is 10.1 Å². The summed E-state index contributed by atoms with van der Waals surface area (Å²) in [6.07, 6.45) is 0. The zero-order chi connectivity index (χ0) is 18.8. The third kappa shape index (κ3) is 3.46. The molecule has 1 aliphatic rings. The predicted molar refractivity (Wildman–Crippen MR) is 106 cm³/mol. The van der Waals surface area contributed by atoms with E-state index in [2.05, 4.69) is 27.8 Å². The van der Waals surface area contributed by atoms with Gasteiger partial charge in [-0.25, -0.2) is 9.97 Å². The van der Waals surface area contributed by atoms with Gasteiger partial charge in [0.15, 0.2) is 5.82 Å². The second-order valence-electron chi connectivity index (χ2n) is 6.61. The van der Waals surface area contributed by atoms with E-state index in [0.29, 0.717) is 5.82 Å². The van der Waals surface area contributed by atoms with E-state index < -0.39 is 4.92 Å². The van der Waals surface area contributed by atoms with Gasteiger partial charge in [0.05, 0.1) is 10.4 Å². The molecule has 4 rings (SSSR count). The highest BCUT2D eigenvalue weighted by Crippen LogP contribution is 2.29. The molecule has 0 amide bonds. The van der Waals surface area contributed by atoms with E-state index in [1.54, 1.807) is 12.1 Å². The Bertz CT molecular complexity index is 966. The number of nitrogens with zero attached hydrogens (tertiary/aromatic N) is 5. The van der Waals surface area contributed by atoms with Crippen LogP contribution < -0.4 is 4.90 Å². The zero-order valence-electron chi connectivity index (χ0n) is 15.2. The number of piperazine rings is 1. The second kappa shape index (κ2) is 7.28. The number of likely N-dealkylation sites (N-methyl/N-ethyl adjacent to an activating group) is 1. The summed E-state index contributed by atoms with van der Waals surface area (Å²) >= 11 is 0. The molecule has 1 aromatic heterocycles. The van der Waals surface area contributed by atoms with E-state index in [4.69, 9.17) is 4.98 Å². The minimum atomic E-state index is -0.399. The van der Waals surface area contributed by atoms with Crippen molar-refractivity contribution in [1.29, 1.82) is 0 Å². The zero-order valence-corrected chi connectivity index (χ0v) is 15.2. The lowest BCUT2D eigenvalue weighted by atomic mass is 10.1. The van der Waals surface area contributed by atoms with Gasteiger partial charge >= 0.3 is 0 Å². The third-order valence-electron chi connectivity index (χ3n) is 5.04. The molecule has 138 valence electrons. The van der Waals surface area contributed by atoms with Crippen LogP contribution in [0.15, 0.2) is 48.5 Å². The van der Waals surface area contributed by atoms with Gasteiger partial charge in [-0.1, -0.05) is 19.1 Å². The Hall–Kier alpha value is -3.06. The van der Waals surface area contributed by atoms with Gasteiger partial charge in [-0.3, -0.25) is 10.1 Å². The fourth-order valence-corrected chi connectivity index (χ4v) is 3.44. The van der Waals surface area contributed by atoms with E-state index in [1.807, 2.05) is 18.2 Å². The molecule has 0 spiro atoms. The Morgan fingerprint density at radius 3 is 2.37 bits per heavy atom. The largest absolute Gasteiger partial charge is 0.353 e. The van der Waals surface area contributed by atoms with E-state index >= 15 is 0 Å². The lowest BCUT2D eigenvalue weighted by molar-refractivity contribution is -0.384. The number of non-ortho nitro benzene ring substituents is 1. The summed E-state index contributed by atoms with van der Waals surface area (Å²) in [7, 11) is 0. The highest BCUT2D eigenvalue weighted by molar-refractivity contribution is 5.91. The quantitative estimate of drug-likeness (QED) is 0.523. The molecule has 0 atom stereocenters. The number of nitro benzene ring substituents is 1. The van der Waals surface area contributed by atoms with Gasteiger partial charge in [-0.15, -0.1) is 0 Å². The number of aromatic nitrogens is 2. The van der Waals surface area contributed by atoms with Gasteiger partial charge in [-0.2, -0.15) is 0 Å². The minimum Gasteiger partial charge on any atom is -0.353 e. The number of fused-ring (bicyclic) bond motifs is 1. The van der Waals surface area contributed by atoms with Crippen LogP contribution >= 0.6 is 0 Å². The van der Waals surface area contributed by atoms with Crippen LogP contribution in [-0.4, -0.2) is 52.5 Å². The molecule has 2 heterocycles. The highest BCUT2D eigenvalue weighted by atomic mass is 16.6. The van der Waals surface area contributed by atoms with Crippen molar-refractivity contribution in [3.05, 3.63) is 58.6 Å².